The van der Waals surface area contributed by atoms with E-state index in [1.54, 1.807) is 6.08 Å². The molecule has 0 spiro atoms. The van der Waals surface area contributed by atoms with Gasteiger partial charge < -0.3 is 5.73 Å². The van der Waals surface area contributed by atoms with E-state index in [1.807, 2.05) is 36.4 Å². The third-order valence-corrected chi connectivity index (χ3v) is 4.54. The molecule has 0 unspecified atom stereocenters. The Balaban J connectivity index is 1.79. The van der Waals surface area contributed by atoms with Gasteiger partial charge >= 0.3 is 0 Å². The van der Waals surface area contributed by atoms with E-state index in [-0.39, 0.29) is 17.3 Å². The predicted octanol–water partition coefficient (Wildman–Crippen LogP) is 2.28. The van der Waals surface area contributed by atoms with E-state index in [4.69, 9.17) is 10.4 Å². The topological polar surface area (TPSA) is 140 Å². The van der Waals surface area contributed by atoms with Crippen molar-refractivity contribution in [1.29, 1.82) is 0 Å². The summed E-state index contributed by atoms with van der Waals surface area (Å²) in [6.45, 7) is 6.34. The number of aromatic nitrogens is 5. The summed E-state index contributed by atoms with van der Waals surface area (Å²) in [5.41, 5.74) is 10.0. The van der Waals surface area contributed by atoms with Crippen molar-refractivity contribution in [2.45, 2.75) is 33.2 Å². The Morgan fingerprint density at radius 3 is 2.62 bits per heavy atom. The van der Waals surface area contributed by atoms with Crippen LogP contribution in [0.15, 0.2) is 46.1 Å². The van der Waals surface area contributed by atoms with Crippen LogP contribution in [-0.4, -0.2) is 55.4 Å². The molecule has 0 bridgehead atoms. The summed E-state index contributed by atoms with van der Waals surface area (Å²) in [6, 6.07) is 9.77. The van der Waals surface area contributed by atoms with Gasteiger partial charge in [-0.2, -0.15) is 9.78 Å². The minimum atomic E-state index is -0.487. The van der Waals surface area contributed by atoms with E-state index in [2.05, 4.69) is 49.9 Å². The predicted molar refractivity (Wildman–Crippen MR) is 121 cm³/mol. The lowest BCUT2D eigenvalue weighted by Gasteiger charge is -2.21. The highest BCUT2D eigenvalue weighted by Crippen LogP contribution is 2.18. The van der Waals surface area contributed by atoms with E-state index in [1.165, 1.54) is 10.9 Å². The van der Waals surface area contributed by atoms with E-state index in [0.29, 0.717) is 12.2 Å². The number of anilines is 1. The zero-order chi connectivity index (χ0) is 22.8. The molecule has 3 N–H and O–H groups in total. The van der Waals surface area contributed by atoms with Gasteiger partial charge in [0, 0.05) is 12.8 Å². The number of hydrazone groups is 1. The van der Waals surface area contributed by atoms with Crippen molar-refractivity contribution < 1.29 is 9.42 Å². The molecule has 1 amide bonds. The molecule has 0 fully saturated rings. The quantitative estimate of drug-likeness (QED) is 0.344. The molecule has 0 saturated carbocycles. The molecular formula is C21H27N9O2. The van der Waals surface area contributed by atoms with Crippen LogP contribution in [0.2, 0.25) is 0 Å². The first-order valence-corrected chi connectivity index (χ1v) is 10.4. The Kier molecular flexibility index (Phi) is 8.21. The molecule has 3 aromatic rings. The maximum Gasteiger partial charge on any atom is 0.293 e. The zero-order valence-electron chi connectivity index (χ0n) is 18.2. The molecule has 0 aliphatic carbocycles. The summed E-state index contributed by atoms with van der Waals surface area (Å²) in [7, 11) is 0. The van der Waals surface area contributed by atoms with Crippen LogP contribution >= 0.6 is 0 Å². The maximum absolute atomic E-state index is 12.8. The number of amides is 1. The average molecular weight is 438 g/mol. The summed E-state index contributed by atoms with van der Waals surface area (Å²) in [4.78, 5) is 15.0. The average Bonchev–Trinajstić information content (AvgIpc) is 3.40. The molecular weight excluding hydrogens is 410 g/mol. The third kappa shape index (κ3) is 5.85. The van der Waals surface area contributed by atoms with E-state index < -0.39 is 5.91 Å². The number of nitrogens with two attached hydrogens (primary N) is 1. The van der Waals surface area contributed by atoms with Gasteiger partial charge in [0.25, 0.3) is 5.91 Å². The third-order valence-electron chi connectivity index (χ3n) is 4.54. The Labute approximate surface area is 185 Å². The van der Waals surface area contributed by atoms with Crippen LogP contribution in [-0.2, 0) is 6.54 Å². The Bertz CT molecular complexity index is 1050. The van der Waals surface area contributed by atoms with Crippen molar-refractivity contribution in [3.8, 4) is 5.82 Å². The molecule has 168 valence electrons. The van der Waals surface area contributed by atoms with Crippen LogP contribution < -0.4 is 11.2 Å². The molecule has 1 aromatic carbocycles. The van der Waals surface area contributed by atoms with Gasteiger partial charge in [0.05, 0.1) is 5.69 Å². The minimum absolute atomic E-state index is 0.0599. The van der Waals surface area contributed by atoms with Gasteiger partial charge in [-0.05, 0) is 47.9 Å². The number of nitrogens with one attached hydrogen (secondary N) is 1. The van der Waals surface area contributed by atoms with Crippen LogP contribution in [0.1, 0.15) is 48.4 Å². The number of benzene rings is 1. The Morgan fingerprint density at radius 1 is 1.22 bits per heavy atom. The molecule has 0 aliphatic heterocycles. The normalized spacial score (nSPS) is 11.7. The second-order valence-electron chi connectivity index (χ2n) is 7.03. The number of rotatable bonds is 11. The number of carbonyl (C=O) groups excluding carboxylic acids is 1. The summed E-state index contributed by atoms with van der Waals surface area (Å²) < 4.78 is 6.08. The van der Waals surface area contributed by atoms with E-state index >= 15 is 0 Å². The van der Waals surface area contributed by atoms with Crippen molar-refractivity contribution >= 4 is 24.0 Å². The smallest absolute Gasteiger partial charge is 0.293 e. The van der Waals surface area contributed by atoms with Crippen molar-refractivity contribution in [3.05, 3.63) is 53.4 Å². The van der Waals surface area contributed by atoms with Crippen LogP contribution in [0.5, 0.6) is 0 Å². The fourth-order valence-electron chi connectivity index (χ4n) is 3.15. The highest BCUT2D eigenvalue weighted by atomic mass is 16.6. The summed E-state index contributed by atoms with van der Waals surface area (Å²) in [5, 5.41) is 19.5. The number of allylic oxidation sites excluding steroid dienone is 1. The Hall–Kier alpha value is -3.86. The zero-order valence-corrected chi connectivity index (χ0v) is 18.2. The Morgan fingerprint density at radius 2 is 1.97 bits per heavy atom. The molecule has 2 aromatic heterocycles. The van der Waals surface area contributed by atoms with Gasteiger partial charge in [0.2, 0.25) is 11.6 Å². The number of nitrogen functional groups attached to an aromatic ring is 1. The van der Waals surface area contributed by atoms with E-state index in [9.17, 15) is 4.79 Å². The first kappa shape index (κ1) is 22.8. The fourth-order valence-corrected chi connectivity index (χ4v) is 3.15. The lowest BCUT2D eigenvalue weighted by atomic mass is 10.2. The van der Waals surface area contributed by atoms with E-state index in [0.717, 1.165) is 31.5 Å². The molecule has 0 radical (unpaired) electrons. The second kappa shape index (κ2) is 11.5. The minimum Gasteiger partial charge on any atom is -0.378 e. The highest BCUT2D eigenvalue weighted by molar-refractivity contribution is 5.94. The van der Waals surface area contributed by atoms with Crippen LogP contribution in [0.25, 0.3) is 11.9 Å². The number of hydrogen-bond donors (Lipinski definition) is 2. The molecule has 2 heterocycles. The van der Waals surface area contributed by atoms with Crippen LogP contribution in [0.4, 0.5) is 5.82 Å². The number of carbonyl (C=O) groups is 1. The van der Waals surface area contributed by atoms with Crippen molar-refractivity contribution in [2.75, 3.05) is 18.8 Å². The number of nitrogens with zero attached hydrogens (tertiary/aromatic N) is 7. The molecule has 0 atom stereocenters. The first-order valence-electron chi connectivity index (χ1n) is 10.4. The first-order chi connectivity index (χ1) is 15.6. The SMILES string of the molecule is CCCN(CCC)Cc1c(C(=O)N/N=C/C=C/c2ccccc2)nnn1-c1nonc1N. The van der Waals surface area contributed by atoms with Crippen LogP contribution in [0, 0.1) is 0 Å². The monoisotopic (exact) mass is 437 g/mol. The molecule has 0 saturated heterocycles. The second-order valence-corrected chi connectivity index (χ2v) is 7.03. The van der Waals surface area contributed by atoms with Crippen molar-refractivity contribution in [2.24, 2.45) is 5.10 Å². The van der Waals surface area contributed by atoms with Gasteiger partial charge in [0.15, 0.2) is 5.69 Å². The number of hydrogen-bond acceptors (Lipinski definition) is 9. The fraction of sp³-hybridized carbons (Fsp3) is 0.333. The van der Waals surface area contributed by atoms with Gasteiger partial charge in [0.1, 0.15) is 0 Å². The molecule has 11 nitrogen and oxygen atoms in total. The van der Waals surface area contributed by atoms with Crippen molar-refractivity contribution in [3.63, 3.8) is 0 Å². The van der Waals surface area contributed by atoms with Crippen molar-refractivity contribution in [1.82, 2.24) is 35.6 Å². The summed E-state index contributed by atoms with van der Waals surface area (Å²) in [5.74, 6) is -0.239. The highest BCUT2D eigenvalue weighted by Gasteiger charge is 2.25. The molecule has 32 heavy (non-hydrogen) atoms. The van der Waals surface area contributed by atoms with Crippen LogP contribution in [0.3, 0.4) is 0 Å². The van der Waals surface area contributed by atoms with Gasteiger partial charge in [-0.1, -0.05) is 55.5 Å². The van der Waals surface area contributed by atoms with Gasteiger partial charge in [-0.25, -0.2) is 10.1 Å². The molecule has 11 heteroatoms. The standard InChI is InChI=1S/C21H27N9O2/c1-3-13-29(14-4-2)15-17-18(24-28-30(17)20-19(22)26-32-27-20)21(31)25-23-12-8-11-16-9-6-5-7-10-16/h5-12H,3-4,13-15H2,1-2H3,(H2,22,26)(H,25,31)/b11-8+,23-12+. The van der Waals surface area contributed by atoms with Gasteiger partial charge in [-0.15, -0.1) is 5.10 Å². The lowest BCUT2D eigenvalue weighted by Crippen LogP contribution is -2.28. The lowest BCUT2D eigenvalue weighted by molar-refractivity contribution is 0.0947. The summed E-state index contributed by atoms with van der Waals surface area (Å²) >= 11 is 0. The maximum atomic E-state index is 12.8. The van der Waals surface area contributed by atoms with Gasteiger partial charge in [-0.3, -0.25) is 9.69 Å². The summed E-state index contributed by atoms with van der Waals surface area (Å²) in [6.07, 6.45) is 7.04. The molecule has 3 rings (SSSR count). The largest absolute Gasteiger partial charge is 0.378 e. The molecule has 0 aliphatic rings.